The van der Waals surface area contributed by atoms with Crippen LogP contribution in [0.15, 0.2) is 36.7 Å². The summed E-state index contributed by atoms with van der Waals surface area (Å²) in [5.74, 6) is 0. The number of nitrogens with one attached hydrogen (secondary N) is 1. The van der Waals surface area contributed by atoms with Crippen LogP contribution < -0.4 is 5.32 Å². The van der Waals surface area contributed by atoms with Crippen LogP contribution in [0.2, 0.25) is 5.15 Å². The molecule has 106 valence electrons. The molecule has 0 spiro atoms. The Balaban J connectivity index is 1.66. The van der Waals surface area contributed by atoms with Gasteiger partial charge in [0.05, 0.1) is 11.8 Å². The average Bonchev–Trinajstić information content (AvgIpc) is 3.11. The molecule has 0 aromatic carbocycles. The highest BCUT2D eigenvalue weighted by Gasteiger charge is 2.15. The van der Waals surface area contributed by atoms with Crippen LogP contribution in [0.1, 0.15) is 18.5 Å². The molecule has 5 heteroatoms. The lowest BCUT2D eigenvalue weighted by Crippen LogP contribution is -2.26. The number of rotatable bonds is 5. The fourth-order valence-electron chi connectivity index (χ4n) is 2.52. The largest absolute Gasteiger partial charge is 0.377 e. The summed E-state index contributed by atoms with van der Waals surface area (Å²) < 4.78 is 7.67. The Labute approximate surface area is 123 Å². The van der Waals surface area contributed by atoms with Gasteiger partial charge in [-0.2, -0.15) is 0 Å². The summed E-state index contributed by atoms with van der Waals surface area (Å²) >= 11 is 6.15. The molecule has 4 nitrogen and oxygen atoms in total. The smallest absolute Gasteiger partial charge is 0.152 e. The molecule has 1 atom stereocenters. The Morgan fingerprint density at radius 2 is 2.35 bits per heavy atom. The van der Waals surface area contributed by atoms with E-state index in [0.717, 1.165) is 37.5 Å². The Hall–Kier alpha value is -1.36. The zero-order chi connectivity index (χ0) is 13.8. The molecule has 0 saturated carbocycles. The zero-order valence-electron chi connectivity index (χ0n) is 11.3. The molecule has 1 unspecified atom stereocenters. The topological polar surface area (TPSA) is 39.1 Å². The van der Waals surface area contributed by atoms with Crippen molar-refractivity contribution in [2.75, 3.05) is 13.2 Å². The molecule has 3 rings (SSSR count). The number of hydrogen-bond acceptors (Lipinski definition) is 3. The van der Waals surface area contributed by atoms with E-state index < -0.39 is 0 Å². The van der Waals surface area contributed by atoms with Gasteiger partial charge >= 0.3 is 0 Å². The van der Waals surface area contributed by atoms with E-state index in [4.69, 9.17) is 16.3 Å². The van der Waals surface area contributed by atoms with Crippen LogP contribution in [0.5, 0.6) is 0 Å². The summed E-state index contributed by atoms with van der Waals surface area (Å²) in [6, 6.07) is 7.97. The van der Waals surface area contributed by atoms with Crippen LogP contribution in [-0.2, 0) is 11.3 Å². The van der Waals surface area contributed by atoms with E-state index in [2.05, 4.69) is 20.9 Å². The standard InChI is InChI=1S/C15H18ClN3O/c16-15-14(6-1-7-18-15)19-8-2-4-12(19)10-17-11-13-5-3-9-20-13/h1-2,4,6-8,13,17H,3,5,9-11H2. The monoisotopic (exact) mass is 291 g/mol. The second-order valence-corrected chi connectivity index (χ2v) is 5.31. The first-order valence-corrected chi connectivity index (χ1v) is 7.32. The summed E-state index contributed by atoms with van der Waals surface area (Å²) in [7, 11) is 0. The van der Waals surface area contributed by atoms with Crippen molar-refractivity contribution in [1.29, 1.82) is 0 Å². The van der Waals surface area contributed by atoms with Gasteiger partial charge in [-0.1, -0.05) is 11.6 Å². The molecule has 1 fully saturated rings. The van der Waals surface area contributed by atoms with Gasteiger partial charge in [0, 0.05) is 37.8 Å². The number of aromatic nitrogens is 2. The Kier molecular flexibility index (Phi) is 4.35. The Morgan fingerprint density at radius 3 is 3.15 bits per heavy atom. The van der Waals surface area contributed by atoms with Crippen molar-refractivity contribution in [2.45, 2.75) is 25.5 Å². The van der Waals surface area contributed by atoms with E-state index in [0.29, 0.717) is 11.3 Å². The van der Waals surface area contributed by atoms with Crippen LogP contribution in [-0.4, -0.2) is 28.8 Å². The van der Waals surface area contributed by atoms with Gasteiger partial charge in [0.1, 0.15) is 0 Å². The van der Waals surface area contributed by atoms with E-state index in [-0.39, 0.29) is 0 Å². The minimum Gasteiger partial charge on any atom is -0.377 e. The highest BCUT2D eigenvalue weighted by molar-refractivity contribution is 6.31. The lowest BCUT2D eigenvalue weighted by molar-refractivity contribution is 0.110. The van der Waals surface area contributed by atoms with E-state index >= 15 is 0 Å². The molecule has 2 aromatic heterocycles. The van der Waals surface area contributed by atoms with Crippen LogP contribution in [0, 0.1) is 0 Å². The van der Waals surface area contributed by atoms with E-state index in [9.17, 15) is 0 Å². The van der Waals surface area contributed by atoms with Crippen molar-refractivity contribution >= 4 is 11.6 Å². The van der Waals surface area contributed by atoms with Crippen LogP contribution in [0.25, 0.3) is 5.69 Å². The first kappa shape index (κ1) is 13.6. The van der Waals surface area contributed by atoms with Crippen LogP contribution in [0.3, 0.4) is 0 Å². The molecule has 0 radical (unpaired) electrons. The average molecular weight is 292 g/mol. The first-order valence-electron chi connectivity index (χ1n) is 6.94. The van der Waals surface area contributed by atoms with Gasteiger partial charge in [-0.05, 0) is 37.1 Å². The predicted octanol–water partition coefficient (Wildman–Crippen LogP) is 2.79. The fourth-order valence-corrected chi connectivity index (χ4v) is 2.73. The van der Waals surface area contributed by atoms with Crippen LogP contribution >= 0.6 is 11.6 Å². The SMILES string of the molecule is Clc1ncccc1-n1cccc1CNCC1CCCO1. The van der Waals surface area contributed by atoms with E-state index in [1.54, 1.807) is 6.20 Å². The highest BCUT2D eigenvalue weighted by Crippen LogP contribution is 2.19. The first-order chi connectivity index (χ1) is 9.84. The van der Waals surface area contributed by atoms with Crippen molar-refractivity contribution in [3.63, 3.8) is 0 Å². The summed E-state index contributed by atoms with van der Waals surface area (Å²) in [5.41, 5.74) is 2.07. The molecule has 1 saturated heterocycles. The molecule has 2 aromatic rings. The van der Waals surface area contributed by atoms with Gasteiger partial charge in [-0.3, -0.25) is 0 Å². The van der Waals surface area contributed by atoms with Gasteiger partial charge in [0.15, 0.2) is 5.15 Å². The normalized spacial score (nSPS) is 18.6. The van der Waals surface area contributed by atoms with E-state index in [1.807, 2.05) is 24.4 Å². The van der Waals surface area contributed by atoms with Gasteiger partial charge in [0.2, 0.25) is 0 Å². The maximum Gasteiger partial charge on any atom is 0.152 e. The minimum absolute atomic E-state index is 0.361. The van der Waals surface area contributed by atoms with E-state index in [1.165, 1.54) is 6.42 Å². The molecule has 3 heterocycles. The van der Waals surface area contributed by atoms with Crippen molar-refractivity contribution in [3.8, 4) is 5.69 Å². The summed E-state index contributed by atoms with van der Waals surface area (Å²) in [6.45, 7) is 2.58. The Bertz CT molecular complexity index is 564. The quantitative estimate of drug-likeness (QED) is 0.861. The van der Waals surface area contributed by atoms with Crippen molar-refractivity contribution in [2.24, 2.45) is 0 Å². The van der Waals surface area contributed by atoms with Crippen molar-refractivity contribution in [3.05, 3.63) is 47.5 Å². The number of pyridine rings is 1. The molecule has 1 aliphatic heterocycles. The minimum atomic E-state index is 0.361. The summed E-state index contributed by atoms with van der Waals surface area (Å²) in [4.78, 5) is 4.12. The van der Waals surface area contributed by atoms with Gasteiger partial charge in [-0.15, -0.1) is 0 Å². The fraction of sp³-hybridized carbons (Fsp3) is 0.400. The third kappa shape index (κ3) is 3.03. The zero-order valence-corrected chi connectivity index (χ0v) is 12.0. The molecule has 0 aliphatic carbocycles. The molecule has 0 bridgehead atoms. The number of nitrogens with zero attached hydrogens (tertiary/aromatic N) is 2. The molecule has 20 heavy (non-hydrogen) atoms. The predicted molar refractivity (Wildman–Crippen MR) is 79.3 cm³/mol. The lowest BCUT2D eigenvalue weighted by Gasteiger charge is -2.13. The third-order valence-electron chi connectivity index (χ3n) is 3.53. The van der Waals surface area contributed by atoms with Crippen molar-refractivity contribution < 1.29 is 4.74 Å². The number of ether oxygens (including phenoxy) is 1. The highest BCUT2D eigenvalue weighted by atomic mass is 35.5. The Morgan fingerprint density at radius 1 is 1.40 bits per heavy atom. The number of hydrogen-bond donors (Lipinski definition) is 1. The van der Waals surface area contributed by atoms with Crippen molar-refractivity contribution in [1.82, 2.24) is 14.9 Å². The second-order valence-electron chi connectivity index (χ2n) is 4.95. The number of halogens is 1. The molecular weight excluding hydrogens is 274 g/mol. The summed E-state index contributed by atoms with van der Waals surface area (Å²) in [6.07, 6.45) is 6.40. The second kappa shape index (κ2) is 6.39. The maximum atomic E-state index is 6.15. The lowest BCUT2D eigenvalue weighted by atomic mass is 10.2. The molecule has 1 N–H and O–H groups in total. The molecule has 0 amide bonds. The summed E-state index contributed by atoms with van der Waals surface area (Å²) in [5, 5.41) is 3.97. The molecular formula is C15H18ClN3O. The maximum absolute atomic E-state index is 6.15. The van der Waals surface area contributed by atoms with Gasteiger partial charge < -0.3 is 14.6 Å². The third-order valence-corrected chi connectivity index (χ3v) is 3.83. The van der Waals surface area contributed by atoms with Gasteiger partial charge in [0.25, 0.3) is 0 Å². The van der Waals surface area contributed by atoms with Gasteiger partial charge in [-0.25, -0.2) is 4.98 Å². The molecule has 1 aliphatic rings. The van der Waals surface area contributed by atoms with Crippen LogP contribution in [0.4, 0.5) is 0 Å².